The third-order valence-electron chi connectivity index (χ3n) is 2.69. The second-order valence-electron chi connectivity index (χ2n) is 3.88. The van der Waals surface area contributed by atoms with Crippen molar-refractivity contribution in [3.05, 3.63) is 30.0 Å². The summed E-state index contributed by atoms with van der Waals surface area (Å²) in [5.41, 5.74) is 7.68. The highest BCUT2D eigenvalue weighted by Crippen LogP contribution is 2.24. The van der Waals surface area contributed by atoms with Gasteiger partial charge in [0.1, 0.15) is 5.75 Å². The topological polar surface area (TPSA) is 79.1 Å². The molecule has 4 N–H and O–H groups in total. The Hall–Kier alpha value is -1.46. The van der Waals surface area contributed by atoms with Crippen molar-refractivity contribution in [2.45, 2.75) is 12.5 Å². The summed E-state index contributed by atoms with van der Waals surface area (Å²) in [4.78, 5) is 14.5. The second kappa shape index (κ2) is 4.81. The van der Waals surface area contributed by atoms with Gasteiger partial charge in [-0.3, -0.25) is 4.79 Å². The normalized spacial score (nSPS) is 12.8. The Bertz CT molecular complexity index is 550. The number of aromatic amines is 1. The first-order valence-corrected chi connectivity index (χ1v) is 6.46. The van der Waals surface area contributed by atoms with Crippen molar-refractivity contribution >= 4 is 27.8 Å². The predicted octanol–water partition coefficient (Wildman–Crippen LogP) is 1.63. The molecule has 0 amide bonds. The first kappa shape index (κ1) is 12.0. The molecule has 2 aromatic rings. The number of carbonyl (C=O) groups excluding carboxylic acids is 1. The van der Waals surface area contributed by atoms with E-state index < -0.39 is 6.04 Å². The van der Waals surface area contributed by atoms with Crippen LogP contribution in [0.2, 0.25) is 0 Å². The number of hydrogen-bond acceptors (Lipinski definition) is 4. The first-order valence-electron chi connectivity index (χ1n) is 5.24. The summed E-state index contributed by atoms with van der Waals surface area (Å²) in [7, 11) is 0. The Morgan fingerprint density at radius 3 is 3.06 bits per heavy atom. The maximum Gasteiger partial charge on any atom is 0.205 e. The van der Waals surface area contributed by atoms with Crippen LogP contribution in [0.3, 0.4) is 0 Å². The molecule has 1 aromatic carbocycles. The Kier molecular flexibility index (Phi) is 3.40. The number of benzene rings is 1. The van der Waals surface area contributed by atoms with Crippen LogP contribution in [0.5, 0.6) is 5.75 Å². The quantitative estimate of drug-likeness (QED) is 0.773. The molecule has 90 valence electrons. The molecule has 1 heterocycles. The number of phenols is 1. The van der Waals surface area contributed by atoms with Crippen molar-refractivity contribution in [3.63, 3.8) is 0 Å². The Labute approximate surface area is 103 Å². The molecule has 1 aromatic heterocycles. The number of nitrogens with one attached hydrogen (secondary N) is 1. The molecule has 17 heavy (non-hydrogen) atoms. The fourth-order valence-corrected chi connectivity index (χ4v) is 2.19. The van der Waals surface area contributed by atoms with Crippen LogP contribution in [0.1, 0.15) is 5.56 Å². The monoisotopic (exact) mass is 250 g/mol. The summed E-state index contributed by atoms with van der Waals surface area (Å²) in [6.45, 7) is 0. The van der Waals surface area contributed by atoms with E-state index in [0.29, 0.717) is 6.42 Å². The highest BCUT2D eigenvalue weighted by atomic mass is 32.2. The highest BCUT2D eigenvalue weighted by molar-refractivity contribution is 8.13. The van der Waals surface area contributed by atoms with Crippen LogP contribution in [0, 0.1) is 0 Å². The number of aromatic nitrogens is 1. The van der Waals surface area contributed by atoms with Crippen molar-refractivity contribution in [3.8, 4) is 5.75 Å². The molecule has 0 fully saturated rings. The minimum atomic E-state index is -0.508. The van der Waals surface area contributed by atoms with Gasteiger partial charge >= 0.3 is 0 Å². The molecule has 0 radical (unpaired) electrons. The van der Waals surface area contributed by atoms with E-state index in [1.165, 1.54) is 0 Å². The first-order chi connectivity index (χ1) is 8.11. The number of thioether (sulfide) groups is 1. The van der Waals surface area contributed by atoms with Gasteiger partial charge in [-0.25, -0.2) is 0 Å². The maximum atomic E-state index is 11.4. The molecule has 0 aliphatic carbocycles. The van der Waals surface area contributed by atoms with Gasteiger partial charge in [0.2, 0.25) is 5.12 Å². The molecule has 0 aliphatic rings. The van der Waals surface area contributed by atoms with Gasteiger partial charge in [0, 0.05) is 17.1 Å². The number of hydrogen-bond donors (Lipinski definition) is 3. The zero-order chi connectivity index (χ0) is 12.4. The molecule has 0 bridgehead atoms. The molecule has 0 saturated carbocycles. The number of aromatic hydroxyl groups is 1. The average Bonchev–Trinajstić information content (AvgIpc) is 2.71. The van der Waals surface area contributed by atoms with Gasteiger partial charge in [0.15, 0.2) is 0 Å². The highest BCUT2D eigenvalue weighted by Gasteiger charge is 2.15. The van der Waals surface area contributed by atoms with Crippen LogP contribution in [0.25, 0.3) is 10.9 Å². The predicted molar refractivity (Wildman–Crippen MR) is 70.2 cm³/mol. The number of phenolic OH excluding ortho intramolecular Hbond substituents is 1. The maximum absolute atomic E-state index is 11.4. The Morgan fingerprint density at radius 1 is 1.59 bits per heavy atom. The summed E-state index contributed by atoms with van der Waals surface area (Å²) < 4.78 is 0. The van der Waals surface area contributed by atoms with E-state index in [-0.39, 0.29) is 10.9 Å². The lowest BCUT2D eigenvalue weighted by Gasteiger charge is -2.07. The molecule has 4 nitrogen and oxygen atoms in total. The molecule has 5 heteroatoms. The van der Waals surface area contributed by atoms with Crippen molar-refractivity contribution in [1.29, 1.82) is 0 Å². The number of H-pyrrole nitrogens is 1. The van der Waals surface area contributed by atoms with Gasteiger partial charge in [-0.15, -0.1) is 0 Å². The average molecular weight is 250 g/mol. The minimum Gasteiger partial charge on any atom is -0.508 e. The van der Waals surface area contributed by atoms with Crippen LogP contribution in [-0.4, -0.2) is 27.5 Å². The van der Waals surface area contributed by atoms with Crippen LogP contribution >= 0.6 is 11.8 Å². The number of rotatable bonds is 3. The Morgan fingerprint density at radius 2 is 2.35 bits per heavy atom. The van der Waals surface area contributed by atoms with Gasteiger partial charge in [0.05, 0.1) is 6.04 Å². The fraction of sp³-hybridized carbons (Fsp3) is 0.250. The van der Waals surface area contributed by atoms with Gasteiger partial charge in [-0.1, -0.05) is 11.8 Å². The van der Waals surface area contributed by atoms with Gasteiger partial charge in [0.25, 0.3) is 0 Å². The van der Waals surface area contributed by atoms with E-state index >= 15 is 0 Å². The zero-order valence-electron chi connectivity index (χ0n) is 9.43. The minimum absolute atomic E-state index is 0.0282. The third-order valence-corrected chi connectivity index (χ3v) is 3.40. The molecule has 1 atom stereocenters. The van der Waals surface area contributed by atoms with Crippen molar-refractivity contribution in [1.82, 2.24) is 4.98 Å². The lowest BCUT2D eigenvalue weighted by molar-refractivity contribution is -0.112. The molecule has 2 rings (SSSR count). The number of fused-ring (bicyclic) bond motifs is 1. The summed E-state index contributed by atoms with van der Waals surface area (Å²) in [6, 6.07) is 4.59. The molecular weight excluding hydrogens is 236 g/mol. The summed E-state index contributed by atoms with van der Waals surface area (Å²) in [6.07, 6.45) is 4.03. The van der Waals surface area contributed by atoms with Crippen LogP contribution < -0.4 is 5.73 Å². The van der Waals surface area contributed by atoms with Crippen LogP contribution in [0.15, 0.2) is 24.4 Å². The molecule has 0 aliphatic heterocycles. The number of nitrogens with two attached hydrogens (primary N) is 1. The van der Waals surface area contributed by atoms with E-state index in [1.54, 1.807) is 24.5 Å². The van der Waals surface area contributed by atoms with E-state index in [4.69, 9.17) is 5.73 Å². The molecular formula is C12H14N2O2S. The van der Waals surface area contributed by atoms with Crippen molar-refractivity contribution < 1.29 is 9.90 Å². The zero-order valence-corrected chi connectivity index (χ0v) is 10.3. The summed E-state index contributed by atoms with van der Waals surface area (Å²) >= 11 is 1.14. The Balaban J connectivity index is 2.30. The standard InChI is InChI=1S/C12H14N2O2S/c1-17-12(16)10(13)4-7-6-14-11-3-2-8(15)5-9(7)11/h2-3,5-6,10,14-15H,4,13H2,1H3/t10-/m0/s1. The van der Waals surface area contributed by atoms with Crippen molar-refractivity contribution in [2.75, 3.05) is 6.26 Å². The lowest BCUT2D eigenvalue weighted by atomic mass is 10.1. The van der Waals surface area contributed by atoms with Gasteiger partial charge in [-0.05, 0) is 36.4 Å². The smallest absolute Gasteiger partial charge is 0.205 e. The summed E-state index contributed by atoms with van der Waals surface area (Å²) in [5, 5.41) is 10.3. The van der Waals surface area contributed by atoms with Crippen molar-refractivity contribution in [2.24, 2.45) is 5.73 Å². The molecule has 0 saturated heterocycles. The molecule has 0 spiro atoms. The van der Waals surface area contributed by atoms with E-state index in [2.05, 4.69) is 4.98 Å². The fourth-order valence-electron chi connectivity index (χ4n) is 1.81. The van der Waals surface area contributed by atoms with E-state index in [1.807, 2.05) is 6.20 Å². The summed E-state index contributed by atoms with van der Waals surface area (Å²) in [5.74, 6) is 0.211. The molecule has 0 unspecified atom stereocenters. The van der Waals surface area contributed by atoms with Gasteiger partial charge < -0.3 is 15.8 Å². The van der Waals surface area contributed by atoms with E-state index in [9.17, 15) is 9.90 Å². The largest absolute Gasteiger partial charge is 0.508 e. The van der Waals surface area contributed by atoms with Gasteiger partial charge in [-0.2, -0.15) is 0 Å². The van der Waals surface area contributed by atoms with Crippen LogP contribution in [-0.2, 0) is 11.2 Å². The van der Waals surface area contributed by atoms with Crippen LogP contribution in [0.4, 0.5) is 0 Å². The SMILES string of the molecule is CSC(=O)[C@@H](N)Cc1c[nH]c2ccc(O)cc12. The second-order valence-corrected chi connectivity index (χ2v) is 4.69. The number of carbonyl (C=O) groups is 1. The lowest BCUT2D eigenvalue weighted by Crippen LogP contribution is -2.30. The third kappa shape index (κ3) is 2.45. The van der Waals surface area contributed by atoms with E-state index in [0.717, 1.165) is 28.2 Å².